The number of hydrogen-bond acceptors (Lipinski definition) is 5. The molecule has 30 heavy (non-hydrogen) atoms. The van der Waals surface area contributed by atoms with Crippen LogP contribution in [-0.2, 0) is 6.54 Å². The smallest absolute Gasteiger partial charge is 0.212 e. The molecule has 1 atom stereocenters. The summed E-state index contributed by atoms with van der Waals surface area (Å²) in [5.74, 6) is 2.28. The SMILES string of the molecule is CN=C(NCc1ccc(OC)nc1)NCC(c1ccc(OC)cc1)N1CCCCC1. The van der Waals surface area contributed by atoms with E-state index in [0.717, 1.165) is 36.9 Å². The van der Waals surface area contributed by atoms with Crippen LogP contribution in [-0.4, -0.2) is 56.7 Å². The van der Waals surface area contributed by atoms with Crippen molar-refractivity contribution >= 4 is 5.96 Å². The van der Waals surface area contributed by atoms with Crippen LogP contribution >= 0.6 is 0 Å². The Bertz CT molecular complexity index is 786. The molecule has 162 valence electrons. The fourth-order valence-electron chi connectivity index (χ4n) is 3.75. The fraction of sp³-hybridized carbons (Fsp3) is 0.478. The third kappa shape index (κ3) is 6.10. The zero-order chi connectivity index (χ0) is 21.2. The fourth-order valence-corrected chi connectivity index (χ4v) is 3.75. The van der Waals surface area contributed by atoms with Gasteiger partial charge in [0.15, 0.2) is 5.96 Å². The van der Waals surface area contributed by atoms with Crippen LogP contribution in [0.5, 0.6) is 11.6 Å². The topological polar surface area (TPSA) is 71.0 Å². The molecule has 1 aromatic heterocycles. The zero-order valence-corrected chi connectivity index (χ0v) is 18.2. The van der Waals surface area contributed by atoms with Crippen LogP contribution in [0.25, 0.3) is 0 Å². The number of benzene rings is 1. The summed E-state index contributed by atoms with van der Waals surface area (Å²) >= 11 is 0. The van der Waals surface area contributed by atoms with Crippen molar-refractivity contribution in [2.24, 2.45) is 4.99 Å². The van der Waals surface area contributed by atoms with Crippen molar-refractivity contribution in [1.29, 1.82) is 0 Å². The Morgan fingerprint density at radius 3 is 2.40 bits per heavy atom. The van der Waals surface area contributed by atoms with E-state index in [1.807, 2.05) is 30.5 Å². The van der Waals surface area contributed by atoms with Crippen molar-refractivity contribution in [3.8, 4) is 11.6 Å². The number of pyridine rings is 1. The first-order chi connectivity index (χ1) is 14.7. The number of aliphatic imine (C=N–C) groups is 1. The van der Waals surface area contributed by atoms with Gasteiger partial charge in [-0.3, -0.25) is 9.89 Å². The Labute approximate surface area is 179 Å². The summed E-state index contributed by atoms with van der Waals surface area (Å²) in [6, 6.07) is 12.6. The van der Waals surface area contributed by atoms with Crippen molar-refractivity contribution < 1.29 is 9.47 Å². The Kier molecular flexibility index (Phi) is 8.32. The predicted molar refractivity (Wildman–Crippen MR) is 120 cm³/mol. The number of aromatic nitrogens is 1. The number of piperidine rings is 1. The maximum Gasteiger partial charge on any atom is 0.212 e. The minimum atomic E-state index is 0.289. The van der Waals surface area contributed by atoms with Crippen molar-refractivity contribution in [3.05, 3.63) is 53.7 Å². The van der Waals surface area contributed by atoms with E-state index >= 15 is 0 Å². The molecule has 1 aromatic carbocycles. The summed E-state index contributed by atoms with van der Waals surface area (Å²) in [5.41, 5.74) is 2.36. The number of ether oxygens (including phenoxy) is 2. The molecule has 2 heterocycles. The van der Waals surface area contributed by atoms with Crippen LogP contribution in [0.15, 0.2) is 47.6 Å². The van der Waals surface area contributed by atoms with E-state index in [2.05, 4.69) is 37.6 Å². The molecule has 1 aliphatic heterocycles. The number of likely N-dealkylation sites (tertiary alicyclic amines) is 1. The van der Waals surface area contributed by atoms with Gasteiger partial charge in [0.1, 0.15) is 5.75 Å². The van der Waals surface area contributed by atoms with Gasteiger partial charge in [-0.2, -0.15) is 0 Å². The first-order valence-electron chi connectivity index (χ1n) is 10.5. The first-order valence-corrected chi connectivity index (χ1v) is 10.5. The van der Waals surface area contributed by atoms with Crippen LogP contribution in [0, 0.1) is 0 Å². The van der Waals surface area contributed by atoms with Gasteiger partial charge in [-0.15, -0.1) is 0 Å². The van der Waals surface area contributed by atoms with E-state index in [-0.39, 0.29) is 6.04 Å². The molecule has 1 aliphatic rings. The standard InChI is InChI=1S/C23H33N5O2/c1-24-23(26-16-18-7-12-22(30-3)25-15-18)27-17-21(28-13-5-4-6-14-28)19-8-10-20(29-2)11-9-19/h7-12,15,21H,4-6,13-14,16-17H2,1-3H3,(H2,24,26,27). The normalized spacial score (nSPS) is 16.0. The van der Waals surface area contributed by atoms with Gasteiger partial charge in [0.05, 0.1) is 20.3 Å². The molecule has 1 fully saturated rings. The molecule has 0 saturated carbocycles. The van der Waals surface area contributed by atoms with Crippen LogP contribution in [0.2, 0.25) is 0 Å². The van der Waals surface area contributed by atoms with Gasteiger partial charge in [-0.1, -0.05) is 24.6 Å². The van der Waals surface area contributed by atoms with Crippen molar-refractivity contribution in [2.75, 3.05) is 40.9 Å². The van der Waals surface area contributed by atoms with E-state index in [1.165, 1.54) is 24.8 Å². The maximum absolute atomic E-state index is 5.33. The summed E-state index contributed by atoms with van der Waals surface area (Å²) in [5, 5.41) is 6.88. The first kappa shape index (κ1) is 21.9. The maximum atomic E-state index is 5.33. The third-order valence-electron chi connectivity index (χ3n) is 5.49. The molecule has 0 bridgehead atoms. The lowest BCUT2D eigenvalue weighted by molar-refractivity contribution is 0.164. The molecule has 3 rings (SSSR count). The zero-order valence-electron chi connectivity index (χ0n) is 18.2. The second-order valence-electron chi connectivity index (χ2n) is 7.40. The Balaban J connectivity index is 1.61. The molecule has 0 spiro atoms. The summed E-state index contributed by atoms with van der Waals surface area (Å²) in [7, 11) is 5.12. The van der Waals surface area contributed by atoms with E-state index in [9.17, 15) is 0 Å². The molecule has 0 radical (unpaired) electrons. The number of hydrogen-bond donors (Lipinski definition) is 2. The number of nitrogens with one attached hydrogen (secondary N) is 2. The summed E-state index contributed by atoms with van der Waals surface area (Å²) in [6.45, 7) is 3.68. The van der Waals surface area contributed by atoms with Crippen molar-refractivity contribution in [2.45, 2.75) is 31.8 Å². The number of guanidine groups is 1. The lowest BCUT2D eigenvalue weighted by Crippen LogP contribution is -2.44. The van der Waals surface area contributed by atoms with Crippen LogP contribution in [0.1, 0.15) is 36.4 Å². The molecule has 2 N–H and O–H groups in total. The summed E-state index contributed by atoms with van der Waals surface area (Å²) < 4.78 is 10.4. The quantitative estimate of drug-likeness (QED) is 0.514. The molecule has 0 amide bonds. The Hall–Kier alpha value is -2.80. The number of rotatable bonds is 8. The van der Waals surface area contributed by atoms with Crippen LogP contribution in [0.3, 0.4) is 0 Å². The van der Waals surface area contributed by atoms with Gasteiger partial charge in [0.2, 0.25) is 5.88 Å². The second kappa shape index (κ2) is 11.4. The van der Waals surface area contributed by atoms with E-state index in [4.69, 9.17) is 9.47 Å². The highest BCUT2D eigenvalue weighted by atomic mass is 16.5. The monoisotopic (exact) mass is 411 g/mol. The minimum absolute atomic E-state index is 0.289. The van der Waals surface area contributed by atoms with Crippen LogP contribution in [0.4, 0.5) is 0 Å². The molecule has 7 nitrogen and oxygen atoms in total. The van der Waals surface area contributed by atoms with Gasteiger partial charge in [0.25, 0.3) is 0 Å². The minimum Gasteiger partial charge on any atom is -0.497 e. The Morgan fingerprint density at radius 1 is 1.03 bits per heavy atom. The van der Waals surface area contributed by atoms with Gasteiger partial charge >= 0.3 is 0 Å². The van der Waals surface area contributed by atoms with Crippen molar-refractivity contribution in [3.63, 3.8) is 0 Å². The lowest BCUT2D eigenvalue weighted by atomic mass is 10.0. The highest BCUT2D eigenvalue weighted by Crippen LogP contribution is 2.25. The molecule has 1 unspecified atom stereocenters. The molecule has 0 aliphatic carbocycles. The summed E-state index contributed by atoms with van der Waals surface area (Å²) in [4.78, 5) is 11.2. The van der Waals surface area contributed by atoms with Crippen molar-refractivity contribution in [1.82, 2.24) is 20.5 Å². The molecule has 2 aromatic rings. The van der Waals surface area contributed by atoms with E-state index in [1.54, 1.807) is 21.3 Å². The number of methoxy groups -OCH3 is 2. The second-order valence-corrected chi connectivity index (χ2v) is 7.40. The van der Waals surface area contributed by atoms with E-state index < -0.39 is 0 Å². The highest BCUT2D eigenvalue weighted by Gasteiger charge is 2.22. The predicted octanol–water partition coefficient (Wildman–Crippen LogP) is 2.99. The van der Waals surface area contributed by atoms with Gasteiger partial charge in [0, 0.05) is 32.4 Å². The number of nitrogens with zero attached hydrogens (tertiary/aromatic N) is 3. The molecular formula is C23H33N5O2. The largest absolute Gasteiger partial charge is 0.497 e. The van der Waals surface area contributed by atoms with Gasteiger partial charge in [-0.05, 0) is 49.2 Å². The molecule has 7 heteroatoms. The molecular weight excluding hydrogens is 378 g/mol. The Morgan fingerprint density at radius 2 is 1.80 bits per heavy atom. The average Bonchev–Trinajstić information content (AvgIpc) is 2.82. The lowest BCUT2D eigenvalue weighted by Gasteiger charge is -2.35. The van der Waals surface area contributed by atoms with Crippen LogP contribution < -0.4 is 20.1 Å². The summed E-state index contributed by atoms with van der Waals surface area (Å²) in [6.07, 6.45) is 5.64. The highest BCUT2D eigenvalue weighted by molar-refractivity contribution is 5.79. The van der Waals surface area contributed by atoms with Gasteiger partial charge in [-0.25, -0.2) is 4.98 Å². The van der Waals surface area contributed by atoms with Gasteiger partial charge < -0.3 is 20.1 Å². The van der Waals surface area contributed by atoms with E-state index in [0.29, 0.717) is 12.4 Å². The molecule has 1 saturated heterocycles. The third-order valence-corrected chi connectivity index (χ3v) is 5.49. The average molecular weight is 412 g/mol.